The molecule has 0 radical (unpaired) electrons. The van der Waals surface area contributed by atoms with Crippen molar-refractivity contribution in [2.75, 3.05) is 19.6 Å². The average molecular weight is 539 g/mol. The van der Waals surface area contributed by atoms with Gasteiger partial charge in [-0.25, -0.2) is 0 Å². The largest absolute Gasteiger partial charge is 0.481 e. The zero-order chi connectivity index (χ0) is 27.5. The lowest BCUT2D eigenvalue weighted by molar-refractivity contribution is -0.253. The van der Waals surface area contributed by atoms with Crippen molar-refractivity contribution in [2.45, 2.75) is 89.4 Å². The molecule has 2 aliphatic rings. The molecule has 2 saturated heterocycles. The first-order valence-corrected chi connectivity index (χ1v) is 14.3. The monoisotopic (exact) mass is 538 g/mol. The second kappa shape index (κ2) is 15.1. The maximum absolute atomic E-state index is 12.2. The highest BCUT2D eigenvalue weighted by Gasteiger charge is 2.33. The van der Waals surface area contributed by atoms with Crippen LogP contribution >= 0.6 is 0 Å². The molecule has 3 atom stereocenters. The van der Waals surface area contributed by atoms with Gasteiger partial charge in [-0.15, -0.1) is 0 Å². The minimum Gasteiger partial charge on any atom is -0.481 e. The standard InChI is InChI=1S/C31H42N2O6/c34-22-24-11-13-25(14-12-24)28-19-27(21-33-17-5-2-6-18-33)38-31(39-28)26-15-9-23(10-16-26)20-32-29(35)7-3-1-4-8-30(36)37/h9-16,27-28,31,34H,1-8,17-22H2,(H,32,35)(H,36,37). The van der Waals surface area contributed by atoms with Gasteiger partial charge in [0, 0.05) is 37.9 Å². The Hall–Kier alpha value is -2.78. The number of carboxylic acid groups (broad SMARTS) is 1. The van der Waals surface area contributed by atoms with Crippen molar-refractivity contribution in [3.63, 3.8) is 0 Å². The Morgan fingerprint density at radius 1 is 0.846 bits per heavy atom. The SMILES string of the molecule is O=C(O)CCCCCC(=O)NCc1ccc(C2OC(CN3CCCCC3)CC(c3ccc(CO)cc3)O2)cc1. The number of carbonyl (C=O) groups is 2. The van der Waals surface area contributed by atoms with Crippen molar-refractivity contribution in [3.8, 4) is 0 Å². The number of unbranched alkanes of at least 4 members (excludes halogenated alkanes) is 2. The number of likely N-dealkylation sites (tertiary alicyclic amines) is 1. The summed E-state index contributed by atoms with van der Waals surface area (Å²) in [4.78, 5) is 25.2. The molecule has 3 N–H and O–H groups in total. The molecule has 2 fully saturated rings. The molecule has 2 aromatic rings. The first kappa shape index (κ1) is 29.2. The molecule has 2 aromatic carbocycles. The number of rotatable bonds is 13. The van der Waals surface area contributed by atoms with Crippen LogP contribution in [-0.4, -0.2) is 52.7 Å². The van der Waals surface area contributed by atoms with Gasteiger partial charge in [-0.2, -0.15) is 0 Å². The number of amides is 1. The van der Waals surface area contributed by atoms with Gasteiger partial charge in [0.15, 0.2) is 6.29 Å². The zero-order valence-electron chi connectivity index (χ0n) is 22.7. The summed E-state index contributed by atoms with van der Waals surface area (Å²) < 4.78 is 12.9. The predicted octanol–water partition coefficient (Wildman–Crippen LogP) is 4.86. The van der Waals surface area contributed by atoms with E-state index in [4.69, 9.17) is 14.6 Å². The molecule has 0 spiro atoms. The number of hydrogen-bond donors (Lipinski definition) is 3. The number of nitrogens with one attached hydrogen (secondary N) is 1. The molecular formula is C31H42N2O6. The first-order chi connectivity index (χ1) is 19.0. The van der Waals surface area contributed by atoms with Gasteiger partial charge in [0.05, 0.1) is 18.8 Å². The summed E-state index contributed by atoms with van der Waals surface area (Å²) in [6.07, 6.45) is 6.62. The van der Waals surface area contributed by atoms with Crippen LogP contribution in [0.4, 0.5) is 0 Å². The van der Waals surface area contributed by atoms with Crippen LogP contribution in [0.25, 0.3) is 0 Å². The Bertz CT molecular complexity index is 1040. The Balaban J connectivity index is 1.33. The smallest absolute Gasteiger partial charge is 0.303 e. The third-order valence-electron chi connectivity index (χ3n) is 7.56. The number of aliphatic hydroxyl groups is 1. The van der Waals surface area contributed by atoms with Crippen LogP contribution in [0.5, 0.6) is 0 Å². The highest BCUT2D eigenvalue weighted by Crippen LogP contribution is 2.38. The molecule has 39 heavy (non-hydrogen) atoms. The van der Waals surface area contributed by atoms with Crippen molar-refractivity contribution in [2.24, 2.45) is 0 Å². The third kappa shape index (κ3) is 9.42. The van der Waals surface area contributed by atoms with Crippen LogP contribution in [0.2, 0.25) is 0 Å². The summed E-state index contributed by atoms with van der Waals surface area (Å²) in [5, 5.41) is 21.1. The molecule has 0 saturated carbocycles. The normalized spacial score (nSPS) is 21.9. The van der Waals surface area contributed by atoms with Crippen LogP contribution in [0, 0.1) is 0 Å². The van der Waals surface area contributed by atoms with Crippen molar-refractivity contribution < 1.29 is 29.3 Å². The first-order valence-electron chi connectivity index (χ1n) is 14.3. The highest BCUT2D eigenvalue weighted by atomic mass is 16.7. The third-order valence-corrected chi connectivity index (χ3v) is 7.56. The van der Waals surface area contributed by atoms with Crippen LogP contribution in [-0.2, 0) is 32.2 Å². The molecule has 8 heteroatoms. The lowest BCUT2D eigenvalue weighted by Gasteiger charge is -2.39. The zero-order valence-corrected chi connectivity index (χ0v) is 22.7. The van der Waals surface area contributed by atoms with Crippen molar-refractivity contribution in [1.82, 2.24) is 10.2 Å². The second-order valence-electron chi connectivity index (χ2n) is 10.7. The van der Waals surface area contributed by atoms with E-state index in [1.54, 1.807) is 0 Å². The topological polar surface area (TPSA) is 108 Å². The maximum atomic E-state index is 12.2. The molecule has 1 amide bonds. The van der Waals surface area contributed by atoms with E-state index in [0.29, 0.717) is 25.8 Å². The number of aliphatic hydroxyl groups excluding tert-OH is 1. The summed E-state index contributed by atoms with van der Waals surface area (Å²) in [5.41, 5.74) is 3.91. The number of carboxylic acids is 1. The van der Waals surface area contributed by atoms with Gasteiger partial charge in [0.2, 0.25) is 5.91 Å². The van der Waals surface area contributed by atoms with Gasteiger partial charge in [0.1, 0.15) is 0 Å². The minimum absolute atomic E-state index is 0.0225. The van der Waals surface area contributed by atoms with E-state index in [0.717, 1.165) is 54.7 Å². The number of hydrogen-bond acceptors (Lipinski definition) is 6. The minimum atomic E-state index is -0.795. The highest BCUT2D eigenvalue weighted by molar-refractivity contribution is 5.75. The Morgan fingerprint density at radius 3 is 2.21 bits per heavy atom. The van der Waals surface area contributed by atoms with Crippen molar-refractivity contribution >= 4 is 11.9 Å². The van der Waals surface area contributed by atoms with Crippen LogP contribution in [0.15, 0.2) is 48.5 Å². The molecule has 0 bridgehead atoms. The molecule has 0 aliphatic carbocycles. The molecule has 4 rings (SSSR count). The van der Waals surface area contributed by atoms with Crippen molar-refractivity contribution in [3.05, 3.63) is 70.8 Å². The van der Waals surface area contributed by atoms with Crippen molar-refractivity contribution in [1.29, 1.82) is 0 Å². The number of aliphatic carboxylic acids is 1. The van der Waals surface area contributed by atoms with E-state index in [9.17, 15) is 14.7 Å². The summed E-state index contributed by atoms with van der Waals surface area (Å²) in [7, 11) is 0. The predicted molar refractivity (Wildman–Crippen MR) is 148 cm³/mol. The molecular weight excluding hydrogens is 496 g/mol. The van der Waals surface area contributed by atoms with Crippen LogP contribution in [0.3, 0.4) is 0 Å². The Kier molecular flexibility index (Phi) is 11.3. The van der Waals surface area contributed by atoms with E-state index in [-0.39, 0.29) is 31.1 Å². The second-order valence-corrected chi connectivity index (χ2v) is 10.7. The lowest BCUT2D eigenvalue weighted by atomic mass is 9.99. The maximum Gasteiger partial charge on any atom is 0.303 e. The van der Waals surface area contributed by atoms with Crippen LogP contribution in [0.1, 0.15) is 92.4 Å². The summed E-state index contributed by atoms with van der Waals surface area (Å²) in [6, 6.07) is 16.0. The Morgan fingerprint density at radius 2 is 1.51 bits per heavy atom. The summed E-state index contributed by atoms with van der Waals surface area (Å²) in [6.45, 7) is 3.59. The molecule has 2 heterocycles. The molecule has 3 unspecified atom stereocenters. The summed E-state index contributed by atoms with van der Waals surface area (Å²) >= 11 is 0. The lowest BCUT2D eigenvalue weighted by Crippen LogP contribution is -2.41. The summed E-state index contributed by atoms with van der Waals surface area (Å²) in [5.74, 6) is -0.819. The van der Waals surface area contributed by atoms with E-state index in [2.05, 4.69) is 10.2 Å². The average Bonchev–Trinajstić information content (AvgIpc) is 2.96. The van der Waals surface area contributed by atoms with E-state index >= 15 is 0 Å². The molecule has 0 aromatic heterocycles. The number of ether oxygens (including phenoxy) is 2. The van der Waals surface area contributed by atoms with Gasteiger partial charge < -0.3 is 29.9 Å². The number of nitrogens with zero attached hydrogens (tertiary/aromatic N) is 1. The number of carbonyl (C=O) groups excluding carboxylic acids is 1. The quantitative estimate of drug-likeness (QED) is 0.313. The van der Waals surface area contributed by atoms with E-state index in [1.165, 1.54) is 19.3 Å². The van der Waals surface area contributed by atoms with Crippen LogP contribution < -0.4 is 5.32 Å². The van der Waals surface area contributed by atoms with E-state index in [1.807, 2.05) is 48.5 Å². The van der Waals surface area contributed by atoms with Gasteiger partial charge in [0.25, 0.3) is 0 Å². The number of benzene rings is 2. The molecule has 2 aliphatic heterocycles. The molecule has 8 nitrogen and oxygen atoms in total. The number of piperidine rings is 1. The van der Waals surface area contributed by atoms with Gasteiger partial charge in [-0.1, -0.05) is 61.4 Å². The fourth-order valence-electron chi connectivity index (χ4n) is 5.28. The fraction of sp³-hybridized carbons (Fsp3) is 0.548. The van der Waals surface area contributed by atoms with Gasteiger partial charge in [-0.05, 0) is 55.5 Å². The van der Waals surface area contributed by atoms with E-state index < -0.39 is 12.3 Å². The van der Waals surface area contributed by atoms with Gasteiger partial charge >= 0.3 is 5.97 Å². The Labute approximate surface area is 231 Å². The molecule has 212 valence electrons. The van der Waals surface area contributed by atoms with Gasteiger partial charge in [-0.3, -0.25) is 9.59 Å². The fourth-order valence-corrected chi connectivity index (χ4v) is 5.28.